The molecule has 0 bridgehead atoms. The predicted octanol–water partition coefficient (Wildman–Crippen LogP) is 4.48. The molecule has 4 aromatic rings. The van der Waals surface area contributed by atoms with E-state index in [1.807, 2.05) is 17.7 Å². The van der Waals surface area contributed by atoms with E-state index < -0.39 is 21.7 Å². The Bertz CT molecular complexity index is 1490. The number of hydrogen-bond acceptors (Lipinski definition) is 4. The van der Waals surface area contributed by atoms with E-state index in [-0.39, 0.29) is 16.1 Å². The summed E-state index contributed by atoms with van der Waals surface area (Å²) in [6.45, 7) is 2.08. The van der Waals surface area contributed by atoms with E-state index in [2.05, 4.69) is 28.8 Å². The fraction of sp³-hybridized carbons (Fsp3) is 0.130. The molecule has 0 spiro atoms. The largest absolute Gasteiger partial charge is 0.319 e. The van der Waals surface area contributed by atoms with Crippen LogP contribution in [-0.2, 0) is 23.5 Å². The minimum absolute atomic E-state index is 0.0796. The van der Waals surface area contributed by atoms with Crippen LogP contribution in [-0.4, -0.2) is 18.9 Å². The molecule has 164 valence electrons. The third-order valence-electron chi connectivity index (χ3n) is 4.96. The van der Waals surface area contributed by atoms with Crippen molar-refractivity contribution in [3.63, 3.8) is 0 Å². The molecule has 0 saturated heterocycles. The quantitative estimate of drug-likeness (QED) is 0.468. The Morgan fingerprint density at radius 1 is 1.09 bits per heavy atom. The number of fused-ring (bicyclic) bond motifs is 1. The third-order valence-corrected chi connectivity index (χ3v) is 7.46. The Morgan fingerprint density at radius 3 is 2.56 bits per heavy atom. The second-order valence-corrected chi connectivity index (χ2v) is 9.85. The molecule has 6 nitrogen and oxygen atoms in total. The second-order valence-electron chi connectivity index (χ2n) is 7.16. The number of halogens is 1. The molecule has 1 heterocycles. The molecular weight excluding hydrogens is 449 g/mol. The molecule has 1 aromatic heterocycles. The second kappa shape index (κ2) is 8.68. The first kappa shape index (κ1) is 21.9. The van der Waals surface area contributed by atoms with Crippen LogP contribution in [0.15, 0.2) is 76.6 Å². The molecule has 0 aliphatic carbocycles. The number of sulfonamides is 1. The number of anilines is 1. The van der Waals surface area contributed by atoms with Gasteiger partial charge in [-0.3, -0.25) is 9.52 Å². The number of hydrogen-bond donors (Lipinski definition) is 1. The number of rotatable bonds is 5. The lowest BCUT2D eigenvalue weighted by atomic mass is 10.2. The summed E-state index contributed by atoms with van der Waals surface area (Å²) in [7, 11) is -2.07. The van der Waals surface area contributed by atoms with E-state index in [1.165, 1.54) is 41.2 Å². The van der Waals surface area contributed by atoms with Gasteiger partial charge in [0.25, 0.3) is 15.9 Å². The molecule has 0 unspecified atom stereocenters. The fourth-order valence-corrected chi connectivity index (χ4v) is 5.33. The number of aromatic nitrogens is 1. The lowest BCUT2D eigenvalue weighted by Gasteiger charge is -2.08. The molecule has 0 fully saturated rings. The van der Waals surface area contributed by atoms with Crippen LogP contribution in [0.1, 0.15) is 22.8 Å². The predicted molar refractivity (Wildman–Crippen MR) is 124 cm³/mol. The third kappa shape index (κ3) is 4.49. The van der Waals surface area contributed by atoms with Crippen molar-refractivity contribution < 1.29 is 17.6 Å². The standard InChI is InChI=1S/C23H20FN3O3S2/c1-3-15-7-12-20-21(13-15)31-23(27(20)2)25-22(28)16-5-4-6-18(14-16)26-32(29,30)19-10-8-17(24)9-11-19/h4-14,26H,3H2,1-2H3. The maximum atomic E-state index is 13.1. The molecule has 32 heavy (non-hydrogen) atoms. The van der Waals surface area contributed by atoms with Gasteiger partial charge < -0.3 is 4.57 Å². The van der Waals surface area contributed by atoms with Gasteiger partial charge in [0.1, 0.15) is 5.82 Å². The van der Waals surface area contributed by atoms with Crippen LogP contribution in [0.3, 0.4) is 0 Å². The van der Waals surface area contributed by atoms with Crippen LogP contribution >= 0.6 is 11.3 Å². The Balaban J connectivity index is 1.63. The van der Waals surface area contributed by atoms with Crippen LogP contribution in [0.25, 0.3) is 10.2 Å². The number of thiazole rings is 1. The van der Waals surface area contributed by atoms with Crippen LogP contribution in [0, 0.1) is 5.82 Å². The first-order valence-electron chi connectivity index (χ1n) is 9.83. The van der Waals surface area contributed by atoms with Gasteiger partial charge >= 0.3 is 0 Å². The first-order valence-corrected chi connectivity index (χ1v) is 12.1. The van der Waals surface area contributed by atoms with E-state index in [9.17, 15) is 17.6 Å². The van der Waals surface area contributed by atoms with Crippen molar-refractivity contribution in [1.29, 1.82) is 0 Å². The van der Waals surface area contributed by atoms with Crippen molar-refractivity contribution in [2.24, 2.45) is 12.0 Å². The Kier molecular flexibility index (Phi) is 5.94. The van der Waals surface area contributed by atoms with Gasteiger partial charge in [-0.05, 0) is 66.6 Å². The SMILES string of the molecule is CCc1ccc2c(c1)sc(=NC(=O)c1cccc(NS(=O)(=O)c3ccc(F)cc3)c1)n2C. The van der Waals surface area contributed by atoms with Crippen molar-refractivity contribution in [2.75, 3.05) is 4.72 Å². The highest BCUT2D eigenvalue weighted by Crippen LogP contribution is 2.20. The van der Waals surface area contributed by atoms with E-state index in [4.69, 9.17) is 0 Å². The van der Waals surface area contributed by atoms with Crippen molar-refractivity contribution >= 4 is 43.2 Å². The zero-order valence-corrected chi connectivity index (χ0v) is 19.0. The average molecular weight is 470 g/mol. The number of benzene rings is 3. The van der Waals surface area contributed by atoms with Gasteiger partial charge in [0, 0.05) is 18.3 Å². The highest BCUT2D eigenvalue weighted by atomic mass is 32.2. The van der Waals surface area contributed by atoms with Gasteiger partial charge in [-0.2, -0.15) is 4.99 Å². The molecule has 0 aliphatic rings. The molecular formula is C23H20FN3O3S2. The summed E-state index contributed by atoms with van der Waals surface area (Å²) in [6, 6.07) is 16.8. The van der Waals surface area contributed by atoms with E-state index >= 15 is 0 Å². The molecule has 0 aliphatic heterocycles. The summed E-state index contributed by atoms with van der Waals surface area (Å²) in [5.74, 6) is -1.01. The topological polar surface area (TPSA) is 80.5 Å². The number of carbonyl (C=O) groups is 1. The summed E-state index contributed by atoms with van der Waals surface area (Å²) in [4.78, 5) is 17.5. The smallest absolute Gasteiger partial charge is 0.279 e. The van der Waals surface area contributed by atoms with E-state index in [0.717, 1.165) is 28.8 Å². The van der Waals surface area contributed by atoms with Gasteiger partial charge in [-0.25, -0.2) is 12.8 Å². The van der Waals surface area contributed by atoms with Crippen molar-refractivity contribution in [3.8, 4) is 0 Å². The van der Waals surface area contributed by atoms with E-state index in [0.29, 0.717) is 4.80 Å². The Morgan fingerprint density at radius 2 is 1.84 bits per heavy atom. The number of nitrogens with one attached hydrogen (secondary N) is 1. The minimum atomic E-state index is -3.92. The summed E-state index contributed by atoms with van der Waals surface area (Å²) in [5.41, 5.74) is 2.65. The lowest BCUT2D eigenvalue weighted by molar-refractivity contribution is 0.0998. The van der Waals surface area contributed by atoms with Crippen LogP contribution in [0.2, 0.25) is 0 Å². The zero-order valence-electron chi connectivity index (χ0n) is 17.4. The normalized spacial score (nSPS) is 12.3. The maximum Gasteiger partial charge on any atom is 0.279 e. The molecule has 4 rings (SSSR count). The Labute approximate surface area is 188 Å². The molecule has 0 radical (unpaired) electrons. The van der Waals surface area contributed by atoms with Gasteiger partial charge in [0.05, 0.1) is 15.1 Å². The number of amides is 1. The Hall–Kier alpha value is -3.30. The van der Waals surface area contributed by atoms with Crippen molar-refractivity contribution in [2.45, 2.75) is 18.2 Å². The fourth-order valence-electron chi connectivity index (χ4n) is 3.20. The molecule has 0 saturated carbocycles. The van der Waals surface area contributed by atoms with Crippen LogP contribution in [0.4, 0.5) is 10.1 Å². The van der Waals surface area contributed by atoms with Crippen molar-refractivity contribution in [3.05, 3.63) is 88.5 Å². The monoisotopic (exact) mass is 469 g/mol. The van der Waals surface area contributed by atoms with Crippen LogP contribution in [0.5, 0.6) is 0 Å². The summed E-state index contributed by atoms with van der Waals surface area (Å²) >= 11 is 1.42. The average Bonchev–Trinajstić information content (AvgIpc) is 3.08. The zero-order chi connectivity index (χ0) is 22.9. The molecule has 1 N–H and O–H groups in total. The molecule has 3 aromatic carbocycles. The highest BCUT2D eigenvalue weighted by molar-refractivity contribution is 7.92. The maximum absolute atomic E-state index is 13.1. The summed E-state index contributed by atoms with van der Waals surface area (Å²) in [6.07, 6.45) is 0.920. The number of nitrogens with zero attached hydrogens (tertiary/aromatic N) is 2. The van der Waals surface area contributed by atoms with Crippen molar-refractivity contribution in [1.82, 2.24) is 4.57 Å². The highest BCUT2D eigenvalue weighted by Gasteiger charge is 2.15. The van der Waals surface area contributed by atoms with Gasteiger partial charge in [-0.15, -0.1) is 0 Å². The molecule has 1 amide bonds. The summed E-state index contributed by atoms with van der Waals surface area (Å²) in [5, 5.41) is 0. The number of carbonyl (C=O) groups excluding carboxylic acids is 1. The molecule has 9 heteroatoms. The summed E-state index contributed by atoms with van der Waals surface area (Å²) < 4.78 is 43.5. The van der Waals surface area contributed by atoms with E-state index in [1.54, 1.807) is 12.1 Å². The van der Waals surface area contributed by atoms with Crippen LogP contribution < -0.4 is 9.52 Å². The first-order chi connectivity index (χ1) is 15.3. The van der Waals surface area contributed by atoms with Gasteiger partial charge in [0.15, 0.2) is 4.80 Å². The minimum Gasteiger partial charge on any atom is -0.319 e. The molecule has 0 atom stereocenters. The van der Waals surface area contributed by atoms with Gasteiger partial charge in [0.2, 0.25) is 0 Å². The lowest BCUT2D eigenvalue weighted by Crippen LogP contribution is -2.14. The number of aryl methyl sites for hydroxylation is 2. The van der Waals surface area contributed by atoms with Gasteiger partial charge in [-0.1, -0.05) is 30.4 Å².